The summed E-state index contributed by atoms with van der Waals surface area (Å²) >= 11 is 0. The summed E-state index contributed by atoms with van der Waals surface area (Å²) in [6.07, 6.45) is 3.42. The lowest BCUT2D eigenvalue weighted by atomic mass is 9.94. The summed E-state index contributed by atoms with van der Waals surface area (Å²) in [7, 11) is 0. The second-order valence-electron chi connectivity index (χ2n) is 4.26. The van der Waals surface area contributed by atoms with Crippen LogP contribution in [-0.4, -0.2) is 18.1 Å². The van der Waals surface area contributed by atoms with Gasteiger partial charge in [-0.2, -0.15) is 5.26 Å². The van der Waals surface area contributed by atoms with Gasteiger partial charge in [-0.05, 0) is 50.4 Å². The zero-order chi connectivity index (χ0) is 11.4. The van der Waals surface area contributed by atoms with Crippen LogP contribution < -0.4 is 11.1 Å². The Morgan fingerprint density at radius 3 is 2.94 bits per heavy atom. The van der Waals surface area contributed by atoms with Gasteiger partial charge in [-0.1, -0.05) is 7.43 Å². The number of nitrogen functional groups attached to an aromatic ring is 1. The molecule has 92 valence electrons. The first-order valence-electron chi connectivity index (χ1n) is 5.66. The fourth-order valence-corrected chi connectivity index (χ4v) is 2.12. The Morgan fingerprint density at radius 1 is 1.53 bits per heavy atom. The van der Waals surface area contributed by atoms with Gasteiger partial charge in [-0.15, -0.1) is 0 Å². The Hall–Kier alpha value is -1.60. The molecule has 1 atom stereocenters. The first-order valence-corrected chi connectivity index (χ1v) is 5.66. The summed E-state index contributed by atoms with van der Waals surface area (Å²) in [4.78, 5) is 4.27. The topological polar surface area (TPSA) is 74.7 Å². The molecule has 0 aliphatic carbocycles. The summed E-state index contributed by atoms with van der Waals surface area (Å²) in [5.74, 6) is 0.998. The molecule has 4 nitrogen and oxygen atoms in total. The predicted molar refractivity (Wildman–Crippen MR) is 69.4 cm³/mol. The standard InChI is InChI=1S/C12H16N4.CH4/c13-7-10-3-4-11(16-12(10)14)6-9-2-1-5-15-8-9;/h3-4,9,15H,1-2,5-6,8H2,(H2,14,16);1H4. The van der Waals surface area contributed by atoms with Gasteiger partial charge in [0, 0.05) is 5.69 Å². The SMILES string of the molecule is C.N#Cc1ccc(CC2CCCNC2)nc1N. The molecule has 0 spiro atoms. The lowest BCUT2D eigenvalue weighted by molar-refractivity contribution is 0.373. The van der Waals surface area contributed by atoms with Crippen LogP contribution in [0.3, 0.4) is 0 Å². The van der Waals surface area contributed by atoms with Crippen LogP contribution in [0.4, 0.5) is 5.82 Å². The lowest BCUT2D eigenvalue weighted by Crippen LogP contribution is -2.31. The molecule has 1 saturated heterocycles. The van der Waals surface area contributed by atoms with Crippen LogP contribution in [0.25, 0.3) is 0 Å². The third kappa shape index (κ3) is 3.43. The maximum atomic E-state index is 8.75. The average molecular weight is 232 g/mol. The van der Waals surface area contributed by atoms with Gasteiger partial charge >= 0.3 is 0 Å². The fourth-order valence-electron chi connectivity index (χ4n) is 2.12. The molecule has 0 amide bonds. The van der Waals surface area contributed by atoms with Gasteiger partial charge in [0.2, 0.25) is 0 Å². The molecule has 1 unspecified atom stereocenters. The number of piperidine rings is 1. The molecule has 2 rings (SSSR count). The van der Waals surface area contributed by atoms with E-state index in [4.69, 9.17) is 11.0 Å². The van der Waals surface area contributed by atoms with E-state index in [0.717, 1.165) is 25.2 Å². The van der Waals surface area contributed by atoms with Crippen LogP contribution in [0.15, 0.2) is 12.1 Å². The van der Waals surface area contributed by atoms with Gasteiger partial charge in [0.25, 0.3) is 0 Å². The molecule has 2 heterocycles. The van der Waals surface area contributed by atoms with E-state index in [1.54, 1.807) is 6.07 Å². The van der Waals surface area contributed by atoms with Crippen molar-refractivity contribution in [2.24, 2.45) is 5.92 Å². The number of aromatic nitrogens is 1. The predicted octanol–water partition coefficient (Wildman–Crippen LogP) is 1.71. The highest BCUT2D eigenvalue weighted by Gasteiger charge is 2.14. The minimum Gasteiger partial charge on any atom is -0.383 e. The Morgan fingerprint density at radius 2 is 2.35 bits per heavy atom. The van der Waals surface area contributed by atoms with Crippen molar-refractivity contribution >= 4 is 5.82 Å². The maximum absolute atomic E-state index is 8.75. The number of rotatable bonds is 2. The zero-order valence-corrected chi connectivity index (χ0v) is 9.24. The Labute approximate surface area is 103 Å². The van der Waals surface area contributed by atoms with Crippen molar-refractivity contribution in [3.63, 3.8) is 0 Å². The maximum Gasteiger partial charge on any atom is 0.141 e. The molecule has 17 heavy (non-hydrogen) atoms. The van der Waals surface area contributed by atoms with Gasteiger partial charge in [0.05, 0.1) is 5.56 Å². The van der Waals surface area contributed by atoms with Crippen LogP contribution in [0, 0.1) is 17.2 Å². The first kappa shape index (κ1) is 13.5. The molecule has 0 bridgehead atoms. The monoisotopic (exact) mass is 232 g/mol. The van der Waals surface area contributed by atoms with Gasteiger partial charge < -0.3 is 11.1 Å². The van der Waals surface area contributed by atoms with Gasteiger partial charge in [0.15, 0.2) is 0 Å². The highest BCUT2D eigenvalue weighted by atomic mass is 14.9. The largest absolute Gasteiger partial charge is 0.383 e. The fraction of sp³-hybridized carbons (Fsp3) is 0.538. The molecular weight excluding hydrogens is 212 g/mol. The van der Waals surface area contributed by atoms with E-state index in [9.17, 15) is 0 Å². The van der Waals surface area contributed by atoms with Crippen molar-refractivity contribution in [3.8, 4) is 6.07 Å². The zero-order valence-electron chi connectivity index (χ0n) is 9.24. The number of pyridine rings is 1. The van der Waals surface area contributed by atoms with Crippen molar-refractivity contribution in [1.82, 2.24) is 10.3 Å². The van der Waals surface area contributed by atoms with Crippen molar-refractivity contribution in [2.75, 3.05) is 18.8 Å². The van der Waals surface area contributed by atoms with Crippen LogP contribution >= 0.6 is 0 Å². The summed E-state index contributed by atoms with van der Waals surface area (Å²) in [5.41, 5.74) is 7.14. The molecule has 1 aromatic rings. The number of hydrogen-bond acceptors (Lipinski definition) is 4. The van der Waals surface area contributed by atoms with E-state index in [1.807, 2.05) is 12.1 Å². The van der Waals surface area contributed by atoms with E-state index >= 15 is 0 Å². The quantitative estimate of drug-likeness (QED) is 0.814. The Kier molecular flexibility index (Phi) is 4.92. The molecule has 1 aliphatic rings. The normalized spacial score (nSPS) is 19.1. The Bertz CT molecular complexity index is 402. The summed E-state index contributed by atoms with van der Waals surface area (Å²) in [6.45, 7) is 2.18. The summed E-state index contributed by atoms with van der Waals surface area (Å²) < 4.78 is 0. The molecule has 0 aromatic carbocycles. The van der Waals surface area contributed by atoms with E-state index in [-0.39, 0.29) is 7.43 Å². The number of nitrogens with two attached hydrogens (primary N) is 1. The highest BCUT2D eigenvalue weighted by molar-refractivity contribution is 5.48. The number of anilines is 1. The van der Waals surface area contributed by atoms with Crippen LogP contribution in [0.1, 0.15) is 31.5 Å². The molecule has 1 aliphatic heterocycles. The second-order valence-corrected chi connectivity index (χ2v) is 4.26. The molecular formula is C13H20N4. The molecule has 0 saturated carbocycles. The number of nitrogens with zero attached hydrogens (tertiary/aromatic N) is 2. The number of nitriles is 1. The Balaban J connectivity index is 0.00000144. The van der Waals surface area contributed by atoms with Gasteiger partial charge in [-0.25, -0.2) is 4.98 Å². The van der Waals surface area contributed by atoms with Gasteiger partial charge in [0.1, 0.15) is 11.9 Å². The smallest absolute Gasteiger partial charge is 0.141 e. The van der Waals surface area contributed by atoms with E-state index < -0.39 is 0 Å². The average Bonchev–Trinajstić information content (AvgIpc) is 2.31. The molecule has 0 radical (unpaired) electrons. The minimum atomic E-state index is 0. The third-order valence-electron chi connectivity index (χ3n) is 3.00. The molecule has 1 fully saturated rings. The van der Waals surface area contributed by atoms with E-state index in [0.29, 0.717) is 17.3 Å². The summed E-state index contributed by atoms with van der Waals surface area (Å²) in [5, 5.41) is 12.1. The minimum absolute atomic E-state index is 0. The van der Waals surface area contributed by atoms with E-state index in [1.165, 1.54) is 12.8 Å². The summed E-state index contributed by atoms with van der Waals surface area (Å²) in [6, 6.07) is 5.69. The lowest BCUT2D eigenvalue weighted by Gasteiger charge is -2.22. The second kappa shape index (κ2) is 6.21. The third-order valence-corrected chi connectivity index (χ3v) is 3.00. The van der Waals surface area contributed by atoms with Crippen molar-refractivity contribution < 1.29 is 0 Å². The van der Waals surface area contributed by atoms with Crippen molar-refractivity contribution in [2.45, 2.75) is 26.7 Å². The van der Waals surface area contributed by atoms with E-state index in [2.05, 4.69) is 10.3 Å². The van der Waals surface area contributed by atoms with Crippen LogP contribution in [-0.2, 0) is 6.42 Å². The van der Waals surface area contributed by atoms with Crippen LogP contribution in [0.2, 0.25) is 0 Å². The van der Waals surface area contributed by atoms with Crippen molar-refractivity contribution in [1.29, 1.82) is 5.26 Å². The van der Waals surface area contributed by atoms with Crippen molar-refractivity contribution in [3.05, 3.63) is 23.4 Å². The molecule has 4 heteroatoms. The van der Waals surface area contributed by atoms with Gasteiger partial charge in [-0.3, -0.25) is 0 Å². The molecule has 1 aromatic heterocycles. The first-order chi connectivity index (χ1) is 7.79. The number of nitrogens with one attached hydrogen (secondary N) is 1. The molecule has 3 N–H and O–H groups in total. The highest BCUT2D eigenvalue weighted by Crippen LogP contribution is 2.17. The van der Waals surface area contributed by atoms with Crippen LogP contribution in [0.5, 0.6) is 0 Å². The number of hydrogen-bond donors (Lipinski definition) is 2.